The minimum absolute atomic E-state index is 0. The van der Waals surface area contributed by atoms with Crippen LogP contribution in [0.25, 0.3) is 0 Å². The quantitative estimate of drug-likeness (QED) is 0.893. The lowest BCUT2D eigenvalue weighted by molar-refractivity contribution is 0.102. The maximum atomic E-state index is 9.18. The van der Waals surface area contributed by atoms with Crippen molar-refractivity contribution in [2.75, 3.05) is 19.7 Å². The fraction of sp³-hybridized carbons (Fsp3) is 0.538. The molecule has 1 aliphatic heterocycles. The summed E-state index contributed by atoms with van der Waals surface area (Å²) in [5, 5.41) is 9.18. The number of nitrogens with two attached hydrogens (primary N) is 1. The minimum Gasteiger partial charge on any atom is -0.394 e. The van der Waals surface area contributed by atoms with E-state index in [9.17, 15) is 5.11 Å². The van der Waals surface area contributed by atoms with E-state index in [2.05, 4.69) is 29.2 Å². The molecule has 0 unspecified atom stereocenters. The highest BCUT2D eigenvalue weighted by Gasteiger charge is 2.29. The molecule has 1 aliphatic rings. The molecule has 0 spiro atoms. The highest BCUT2D eigenvalue weighted by atomic mass is 35.5. The first-order valence-electron chi connectivity index (χ1n) is 5.88. The van der Waals surface area contributed by atoms with Crippen molar-refractivity contribution >= 4 is 24.8 Å². The number of aliphatic hydroxyl groups is 1. The molecule has 0 saturated carbocycles. The zero-order valence-electron chi connectivity index (χ0n) is 10.4. The highest BCUT2D eigenvalue weighted by molar-refractivity contribution is 5.85. The van der Waals surface area contributed by atoms with Crippen molar-refractivity contribution in [1.82, 2.24) is 4.90 Å². The van der Waals surface area contributed by atoms with Crippen LogP contribution in [0.15, 0.2) is 30.3 Å². The van der Waals surface area contributed by atoms with E-state index in [-0.39, 0.29) is 37.0 Å². The molecule has 0 atom stereocenters. The second kappa shape index (κ2) is 7.97. The van der Waals surface area contributed by atoms with E-state index in [0.29, 0.717) is 0 Å². The molecule has 0 bridgehead atoms. The molecule has 0 amide bonds. The van der Waals surface area contributed by atoms with E-state index in [1.54, 1.807) is 0 Å². The van der Waals surface area contributed by atoms with Gasteiger partial charge < -0.3 is 10.8 Å². The van der Waals surface area contributed by atoms with Crippen LogP contribution >= 0.6 is 24.8 Å². The minimum atomic E-state index is -0.340. The first-order chi connectivity index (χ1) is 7.72. The van der Waals surface area contributed by atoms with Crippen molar-refractivity contribution in [3.05, 3.63) is 35.9 Å². The monoisotopic (exact) mass is 292 g/mol. The molecule has 3 N–H and O–H groups in total. The maximum Gasteiger partial charge on any atom is 0.0612 e. The Morgan fingerprint density at radius 2 is 1.67 bits per heavy atom. The smallest absolute Gasteiger partial charge is 0.0612 e. The number of nitrogens with zero attached hydrogens (tertiary/aromatic N) is 1. The van der Waals surface area contributed by atoms with Crippen LogP contribution < -0.4 is 5.73 Å². The maximum absolute atomic E-state index is 9.18. The lowest BCUT2D eigenvalue weighted by atomic mass is 9.89. The lowest BCUT2D eigenvalue weighted by Gasteiger charge is -2.38. The molecule has 1 fully saturated rings. The zero-order chi connectivity index (χ0) is 11.4. The number of piperidine rings is 1. The van der Waals surface area contributed by atoms with Gasteiger partial charge in [0.25, 0.3) is 0 Å². The van der Waals surface area contributed by atoms with Crippen LogP contribution in [0.4, 0.5) is 0 Å². The molecule has 5 heteroatoms. The molecule has 18 heavy (non-hydrogen) atoms. The Morgan fingerprint density at radius 3 is 2.17 bits per heavy atom. The number of aliphatic hydroxyl groups excluding tert-OH is 1. The molecule has 1 heterocycles. The van der Waals surface area contributed by atoms with Crippen molar-refractivity contribution in [2.45, 2.75) is 24.9 Å². The molecule has 0 aromatic heterocycles. The number of rotatable bonds is 3. The van der Waals surface area contributed by atoms with Crippen molar-refractivity contribution in [2.24, 2.45) is 5.73 Å². The molecule has 104 valence electrons. The van der Waals surface area contributed by atoms with Gasteiger partial charge in [0.2, 0.25) is 0 Å². The summed E-state index contributed by atoms with van der Waals surface area (Å²) in [4.78, 5) is 2.40. The number of benzene rings is 1. The van der Waals surface area contributed by atoms with E-state index < -0.39 is 0 Å². The summed E-state index contributed by atoms with van der Waals surface area (Å²) in [5.74, 6) is 0. The number of hydrogen-bond acceptors (Lipinski definition) is 3. The average Bonchev–Trinajstić information content (AvgIpc) is 2.34. The number of hydrogen-bond donors (Lipinski definition) is 2. The fourth-order valence-corrected chi connectivity index (χ4v) is 2.16. The molecular formula is C13H22Cl2N2O. The average molecular weight is 293 g/mol. The van der Waals surface area contributed by atoms with Crippen molar-refractivity contribution in [1.29, 1.82) is 0 Å². The third-order valence-electron chi connectivity index (χ3n) is 3.42. The Morgan fingerprint density at radius 1 is 1.11 bits per heavy atom. The molecule has 1 saturated heterocycles. The zero-order valence-corrected chi connectivity index (χ0v) is 12.1. The van der Waals surface area contributed by atoms with Gasteiger partial charge in [0.1, 0.15) is 0 Å². The van der Waals surface area contributed by atoms with Crippen LogP contribution in [0.1, 0.15) is 18.4 Å². The molecule has 1 aromatic carbocycles. The SMILES string of the molecule is Cl.Cl.NC1(CO)CCN(Cc2ccccc2)CC1. The van der Waals surface area contributed by atoms with Gasteiger partial charge in [0, 0.05) is 25.2 Å². The van der Waals surface area contributed by atoms with E-state index in [1.807, 2.05) is 6.07 Å². The Bertz CT molecular complexity index is 327. The topological polar surface area (TPSA) is 49.5 Å². The van der Waals surface area contributed by atoms with E-state index in [4.69, 9.17) is 5.73 Å². The van der Waals surface area contributed by atoms with E-state index in [0.717, 1.165) is 32.5 Å². The fourth-order valence-electron chi connectivity index (χ4n) is 2.16. The van der Waals surface area contributed by atoms with Gasteiger partial charge in [-0.1, -0.05) is 30.3 Å². The summed E-state index contributed by atoms with van der Waals surface area (Å²) >= 11 is 0. The molecular weight excluding hydrogens is 271 g/mol. The van der Waals surface area contributed by atoms with Gasteiger partial charge in [0.05, 0.1) is 6.61 Å². The largest absolute Gasteiger partial charge is 0.394 e. The van der Waals surface area contributed by atoms with Crippen LogP contribution in [0, 0.1) is 0 Å². The van der Waals surface area contributed by atoms with E-state index in [1.165, 1.54) is 5.56 Å². The van der Waals surface area contributed by atoms with Gasteiger partial charge in [-0.25, -0.2) is 0 Å². The Kier molecular flexibility index (Phi) is 7.83. The van der Waals surface area contributed by atoms with Crippen LogP contribution in [0.5, 0.6) is 0 Å². The number of likely N-dealkylation sites (tertiary alicyclic amines) is 1. The van der Waals surface area contributed by atoms with Gasteiger partial charge in [-0.2, -0.15) is 0 Å². The van der Waals surface area contributed by atoms with Crippen LogP contribution in [-0.2, 0) is 6.54 Å². The third-order valence-corrected chi connectivity index (χ3v) is 3.42. The first kappa shape index (κ1) is 17.7. The van der Waals surface area contributed by atoms with Crippen molar-refractivity contribution in [3.8, 4) is 0 Å². The van der Waals surface area contributed by atoms with E-state index >= 15 is 0 Å². The van der Waals surface area contributed by atoms with Crippen LogP contribution in [0.2, 0.25) is 0 Å². The second-order valence-corrected chi connectivity index (χ2v) is 4.78. The predicted molar refractivity (Wildman–Crippen MR) is 79.5 cm³/mol. The molecule has 3 nitrogen and oxygen atoms in total. The van der Waals surface area contributed by atoms with Crippen LogP contribution in [0.3, 0.4) is 0 Å². The third kappa shape index (κ3) is 4.75. The van der Waals surface area contributed by atoms with Gasteiger partial charge in [0.15, 0.2) is 0 Å². The van der Waals surface area contributed by atoms with Crippen molar-refractivity contribution in [3.63, 3.8) is 0 Å². The first-order valence-corrected chi connectivity index (χ1v) is 5.88. The van der Waals surface area contributed by atoms with Gasteiger partial charge >= 0.3 is 0 Å². The number of halogens is 2. The lowest BCUT2D eigenvalue weighted by Crippen LogP contribution is -2.52. The summed E-state index contributed by atoms with van der Waals surface area (Å²) in [6.45, 7) is 3.05. The van der Waals surface area contributed by atoms with Gasteiger partial charge in [-0.05, 0) is 18.4 Å². The van der Waals surface area contributed by atoms with Crippen LogP contribution in [-0.4, -0.2) is 35.2 Å². The Balaban J connectivity index is 0.00000144. The second-order valence-electron chi connectivity index (χ2n) is 4.78. The normalized spacial score (nSPS) is 18.6. The summed E-state index contributed by atoms with van der Waals surface area (Å²) in [6, 6.07) is 10.5. The predicted octanol–water partition coefficient (Wildman–Crippen LogP) is 1.82. The van der Waals surface area contributed by atoms with Gasteiger partial charge in [-0.3, -0.25) is 4.90 Å². The Hall–Kier alpha value is -0.320. The van der Waals surface area contributed by atoms with Crippen molar-refractivity contribution < 1.29 is 5.11 Å². The molecule has 1 aromatic rings. The highest BCUT2D eigenvalue weighted by Crippen LogP contribution is 2.20. The molecule has 0 radical (unpaired) electrons. The standard InChI is InChI=1S/C13H20N2O.2ClH/c14-13(11-16)6-8-15(9-7-13)10-12-4-2-1-3-5-12;;/h1-5,16H,6-11,14H2;2*1H. The summed E-state index contributed by atoms with van der Waals surface area (Å²) in [5.41, 5.74) is 7.04. The summed E-state index contributed by atoms with van der Waals surface area (Å²) in [6.07, 6.45) is 1.77. The van der Waals surface area contributed by atoms with Gasteiger partial charge in [-0.15, -0.1) is 24.8 Å². The molecule has 2 rings (SSSR count). The molecule has 0 aliphatic carbocycles. The Labute approximate surface area is 121 Å². The summed E-state index contributed by atoms with van der Waals surface area (Å²) in [7, 11) is 0. The summed E-state index contributed by atoms with van der Waals surface area (Å²) < 4.78 is 0.